The molecule has 0 saturated heterocycles. The molecule has 0 saturated carbocycles. The number of nitrogens with zero attached hydrogens (tertiary/aromatic N) is 3. The molecule has 2 atom stereocenters. The normalized spacial score (nSPS) is 19.7. The maximum atomic E-state index is 12.4. The van der Waals surface area contributed by atoms with Crippen molar-refractivity contribution in [3.05, 3.63) is 27.7 Å². The van der Waals surface area contributed by atoms with Crippen LogP contribution >= 0.6 is 11.3 Å². The van der Waals surface area contributed by atoms with Gasteiger partial charge in [0, 0.05) is 4.88 Å². The summed E-state index contributed by atoms with van der Waals surface area (Å²) in [5.74, 6) is 0.524. The van der Waals surface area contributed by atoms with Gasteiger partial charge in [-0.1, -0.05) is 5.21 Å². The van der Waals surface area contributed by atoms with E-state index in [1.54, 1.807) is 11.3 Å². The topological polar surface area (TPSA) is 83.6 Å². The summed E-state index contributed by atoms with van der Waals surface area (Å²) < 4.78 is 0. The SMILES string of the molecule is CC(NC(=O)C1CCCc2sccc21)c1nn[nH]n1. The van der Waals surface area contributed by atoms with E-state index in [1.807, 2.05) is 6.92 Å². The van der Waals surface area contributed by atoms with Crippen LogP contribution in [-0.4, -0.2) is 26.5 Å². The van der Waals surface area contributed by atoms with Crippen LogP contribution in [0.2, 0.25) is 0 Å². The van der Waals surface area contributed by atoms with Gasteiger partial charge in [0.15, 0.2) is 5.82 Å². The van der Waals surface area contributed by atoms with Gasteiger partial charge in [-0.2, -0.15) is 5.21 Å². The lowest BCUT2D eigenvalue weighted by Crippen LogP contribution is -2.33. The second-order valence-electron chi connectivity index (χ2n) is 4.74. The lowest BCUT2D eigenvalue weighted by atomic mass is 9.87. The first kappa shape index (κ1) is 12.3. The second kappa shape index (κ2) is 5.08. The van der Waals surface area contributed by atoms with Crippen molar-refractivity contribution in [2.75, 3.05) is 0 Å². The van der Waals surface area contributed by atoms with Crippen molar-refractivity contribution in [2.24, 2.45) is 0 Å². The fourth-order valence-electron chi connectivity index (χ4n) is 2.49. The number of carbonyl (C=O) groups excluding carboxylic acids is 1. The molecule has 3 rings (SSSR count). The van der Waals surface area contributed by atoms with Crippen molar-refractivity contribution in [2.45, 2.75) is 38.1 Å². The molecule has 0 radical (unpaired) electrons. The minimum atomic E-state index is -0.227. The van der Waals surface area contributed by atoms with Gasteiger partial charge >= 0.3 is 0 Å². The summed E-state index contributed by atoms with van der Waals surface area (Å²) in [6.07, 6.45) is 3.08. The van der Waals surface area contributed by atoms with Crippen LogP contribution in [0.1, 0.15) is 48.0 Å². The average molecular weight is 277 g/mol. The summed E-state index contributed by atoms with van der Waals surface area (Å²) in [5.41, 5.74) is 1.19. The van der Waals surface area contributed by atoms with Crippen LogP contribution in [0.4, 0.5) is 0 Å². The van der Waals surface area contributed by atoms with Crippen LogP contribution in [0.15, 0.2) is 11.4 Å². The molecule has 1 amide bonds. The number of hydrogen-bond donors (Lipinski definition) is 2. The van der Waals surface area contributed by atoms with Gasteiger partial charge in [0.1, 0.15) is 0 Å². The van der Waals surface area contributed by atoms with Gasteiger partial charge in [-0.05, 0) is 43.2 Å². The van der Waals surface area contributed by atoms with Gasteiger partial charge in [0.05, 0.1) is 12.0 Å². The zero-order chi connectivity index (χ0) is 13.2. The molecule has 0 spiro atoms. The molecule has 2 heterocycles. The Morgan fingerprint density at radius 1 is 1.63 bits per heavy atom. The number of thiophene rings is 1. The van der Waals surface area contributed by atoms with Gasteiger partial charge in [-0.15, -0.1) is 21.5 Å². The van der Waals surface area contributed by atoms with Crippen LogP contribution in [0.25, 0.3) is 0 Å². The second-order valence-corrected chi connectivity index (χ2v) is 5.74. The van der Waals surface area contributed by atoms with Crippen molar-refractivity contribution in [3.63, 3.8) is 0 Å². The minimum Gasteiger partial charge on any atom is -0.346 e. The van der Waals surface area contributed by atoms with Crippen molar-refractivity contribution in [1.82, 2.24) is 25.9 Å². The van der Waals surface area contributed by atoms with E-state index in [-0.39, 0.29) is 17.9 Å². The summed E-state index contributed by atoms with van der Waals surface area (Å²) in [6, 6.07) is 1.85. The molecule has 0 fully saturated rings. The predicted octanol–water partition coefficient (Wildman–Crippen LogP) is 1.56. The van der Waals surface area contributed by atoms with E-state index in [1.165, 1.54) is 10.4 Å². The highest BCUT2D eigenvalue weighted by Crippen LogP contribution is 2.35. The van der Waals surface area contributed by atoms with Crippen molar-refractivity contribution in [3.8, 4) is 0 Å². The zero-order valence-corrected chi connectivity index (χ0v) is 11.4. The van der Waals surface area contributed by atoms with Crippen LogP contribution < -0.4 is 5.32 Å². The van der Waals surface area contributed by atoms with Gasteiger partial charge in [0.2, 0.25) is 5.91 Å². The molecule has 100 valence electrons. The molecule has 2 aromatic heterocycles. The molecule has 0 aromatic carbocycles. The Bertz CT molecular complexity index is 564. The number of hydrogen-bond acceptors (Lipinski definition) is 5. The minimum absolute atomic E-state index is 0.0376. The number of aromatic nitrogens is 4. The van der Waals surface area contributed by atoms with E-state index in [2.05, 4.69) is 37.4 Å². The summed E-state index contributed by atoms with van der Waals surface area (Å²) in [4.78, 5) is 13.7. The smallest absolute Gasteiger partial charge is 0.228 e. The van der Waals surface area contributed by atoms with Crippen molar-refractivity contribution >= 4 is 17.2 Å². The Morgan fingerprint density at radius 2 is 2.53 bits per heavy atom. The lowest BCUT2D eigenvalue weighted by molar-refractivity contribution is -0.123. The molecule has 6 nitrogen and oxygen atoms in total. The molecule has 19 heavy (non-hydrogen) atoms. The molecule has 7 heteroatoms. The summed E-state index contributed by atoms with van der Waals surface area (Å²) in [6.45, 7) is 1.86. The highest BCUT2D eigenvalue weighted by molar-refractivity contribution is 7.10. The molecule has 1 aliphatic carbocycles. The first-order valence-electron chi connectivity index (χ1n) is 6.35. The third-order valence-electron chi connectivity index (χ3n) is 3.48. The Balaban J connectivity index is 1.72. The molecular weight excluding hydrogens is 262 g/mol. The number of aryl methyl sites for hydroxylation is 1. The number of aromatic amines is 1. The van der Waals surface area contributed by atoms with E-state index < -0.39 is 0 Å². The van der Waals surface area contributed by atoms with Crippen LogP contribution in [0.3, 0.4) is 0 Å². The fraction of sp³-hybridized carbons (Fsp3) is 0.500. The Hall–Kier alpha value is -1.76. The Labute approximate surface area is 114 Å². The predicted molar refractivity (Wildman–Crippen MR) is 70.7 cm³/mol. The van der Waals surface area contributed by atoms with Crippen LogP contribution in [0, 0.1) is 0 Å². The molecule has 2 aromatic rings. The maximum absolute atomic E-state index is 12.4. The van der Waals surface area contributed by atoms with E-state index in [0.29, 0.717) is 5.82 Å². The Kier molecular flexibility index (Phi) is 3.29. The number of tetrazole rings is 1. The summed E-state index contributed by atoms with van der Waals surface area (Å²) in [5, 5.41) is 18.7. The van der Waals surface area contributed by atoms with Crippen LogP contribution in [0.5, 0.6) is 0 Å². The molecule has 1 aliphatic rings. The summed E-state index contributed by atoms with van der Waals surface area (Å²) >= 11 is 1.74. The third-order valence-corrected chi connectivity index (χ3v) is 4.47. The number of fused-ring (bicyclic) bond motifs is 1. The standard InChI is InChI=1S/C12H15N5OS/c1-7(11-14-16-17-15-11)13-12(18)9-3-2-4-10-8(9)5-6-19-10/h5-7,9H,2-4H2,1H3,(H,13,18)(H,14,15,16,17). The first-order chi connectivity index (χ1) is 9.25. The molecule has 2 N–H and O–H groups in total. The largest absolute Gasteiger partial charge is 0.346 e. The van der Waals surface area contributed by atoms with E-state index in [0.717, 1.165) is 19.3 Å². The number of carbonyl (C=O) groups is 1. The summed E-state index contributed by atoms with van der Waals surface area (Å²) in [7, 11) is 0. The average Bonchev–Trinajstić information content (AvgIpc) is 3.08. The number of amides is 1. The quantitative estimate of drug-likeness (QED) is 0.891. The zero-order valence-electron chi connectivity index (χ0n) is 10.6. The molecule has 0 bridgehead atoms. The van der Waals surface area contributed by atoms with Gasteiger partial charge in [0.25, 0.3) is 0 Å². The Morgan fingerprint density at radius 3 is 3.32 bits per heavy atom. The van der Waals surface area contributed by atoms with Crippen LogP contribution in [-0.2, 0) is 11.2 Å². The van der Waals surface area contributed by atoms with Gasteiger partial charge in [-0.25, -0.2) is 0 Å². The highest BCUT2D eigenvalue weighted by Gasteiger charge is 2.28. The first-order valence-corrected chi connectivity index (χ1v) is 7.23. The van der Waals surface area contributed by atoms with E-state index in [4.69, 9.17) is 0 Å². The van der Waals surface area contributed by atoms with Crippen molar-refractivity contribution in [1.29, 1.82) is 0 Å². The lowest BCUT2D eigenvalue weighted by Gasteiger charge is -2.23. The number of nitrogens with one attached hydrogen (secondary N) is 2. The third kappa shape index (κ3) is 2.37. The van der Waals surface area contributed by atoms with Crippen molar-refractivity contribution < 1.29 is 4.79 Å². The van der Waals surface area contributed by atoms with Gasteiger partial charge in [-0.3, -0.25) is 4.79 Å². The fourth-order valence-corrected chi connectivity index (χ4v) is 3.48. The monoisotopic (exact) mass is 277 g/mol. The molecular formula is C12H15N5OS. The van der Waals surface area contributed by atoms with E-state index in [9.17, 15) is 4.79 Å². The maximum Gasteiger partial charge on any atom is 0.228 e. The molecule has 0 aliphatic heterocycles. The number of H-pyrrole nitrogens is 1. The van der Waals surface area contributed by atoms with E-state index >= 15 is 0 Å². The highest BCUT2D eigenvalue weighted by atomic mass is 32.1. The molecule has 2 unspecified atom stereocenters. The van der Waals surface area contributed by atoms with Gasteiger partial charge < -0.3 is 5.32 Å². The number of rotatable bonds is 3.